The molecule has 3 aromatic carbocycles. The van der Waals surface area contributed by atoms with Crippen molar-refractivity contribution in [2.75, 3.05) is 16.8 Å². The predicted octanol–water partition coefficient (Wildman–Crippen LogP) is 5.16. The lowest BCUT2D eigenvalue weighted by molar-refractivity contribution is 0.102. The summed E-state index contributed by atoms with van der Waals surface area (Å²) in [6, 6.07) is 24.1. The average molecular weight is 436 g/mol. The van der Waals surface area contributed by atoms with Gasteiger partial charge in [-0.2, -0.15) is 5.10 Å². The maximum atomic E-state index is 12.9. The third-order valence-electron chi connectivity index (χ3n) is 6.47. The molecule has 6 nitrogen and oxygen atoms in total. The summed E-state index contributed by atoms with van der Waals surface area (Å²) in [5.74, 6) is 2.02. The van der Waals surface area contributed by atoms with Crippen LogP contribution in [0.5, 0.6) is 0 Å². The van der Waals surface area contributed by atoms with Gasteiger partial charge in [-0.05, 0) is 66.8 Å². The Morgan fingerprint density at radius 3 is 2.61 bits per heavy atom. The van der Waals surface area contributed by atoms with Crippen LogP contribution in [0.1, 0.15) is 46.1 Å². The number of nitrogens with zero attached hydrogens (tertiary/aromatic N) is 3. The van der Waals surface area contributed by atoms with E-state index >= 15 is 0 Å². The van der Waals surface area contributed by atoms with Crippen LogP contribution in [-0.2, 0) is 13.0 Å². The third-order valence-corrected chi connectivity index (χ3v) is 6.47. The minimum atomic E-state index is -0.128. The number of anilines is 2. The fraction of sp³-hybridized carbons (Fsp3) is 0.222. The zero-order chi connectivity index (χ0) is 22.2. The van der Waals surface area contributed by atoms with Crippen LogP contribution >= 0.6 is 0 Å². The van der Waals surface area contributed by atoms with Crippen LogP contribution in [-0.4, -0.2) is 27.6 Å². The van der Waals surface area contributed by atoms with Gasteiger partial charge < -0.3 is 10.2 Å². The highest BCUT2D eigenvalue weighted by atomic mass is 16.1. The molecule has 0 atom stereocenters. The highest BCUT2D eigenvalue weighted by Gasteiger charge is 2.27. The van der Waals surface area contributed by atoms with Crippen molar-refractivity contribution in [2.45, 2.75) is 31.7 Å². The molecule has 0 saturated heterocycles. The minimum Gasteiger partial charge on any atom is -0.367 e. The van der Waals surface area contributed by atoms with Crippen molar-refractivity contribution < 1.29 is 4.79 Å². The van der Waals surface area contributed by atoms with E-state index in [1.165, 1.54) is 24.0 Å². The summed E-state index contributed by atoms with van der Waals surface area (Å²) in [4.78, 5) is 19.8. The molecule has 6 rings (SSSR count). The van der Waals surface area contributed by atoms with Crippen LogP contribution in [0.2, 0.25) is 0 Å². The molecule has 1 amide bonds. The fourth-order valence-electron chi connectivity index (χ4n) is 4.42. The number of hydrogen-bond donors (Lipinski definition) is 2. The number of amides is 1. The quantitative estimate of drug-likeness (QED) is 0.454. The Labute approximate surface area is 192 Å². The molecule has 0 radical (unpaired) electrons. The number of aromatic nitrogens is 3. The van der Waals surface area contributed by atoms with Gasteiger partial charge in [0.05, 0.1) is 0 Å². The SMILES string of the molecule is O=C(Nc1cccc(-c2n[nH]c(C3CC3)n2)c1)c1ccc(N2CCc3ccccc3C2)cc1. The van der Waals surface area contributed by atoms with Gasteiger partial charge in [0.1, 0.15) is 5.82 Å². The number of benzene rings is 3. The van der Waals surface area contributed by atoms with E-state index in [9.17, 15) is 4.79 Å². The molecule has 1 aliphatic heterocycles. The second-order valence-electron chi connectivity index (χ2n) is 8.84. The van der Waals surface area contributed by atoms with Crippen LogP contribution < -0.4 is 10.2 Å². The van der Waals surface area contributed by atoms with Gasteiger partial charge in [0.2, 0.25) is 0 Å². The molecule has 2 heterocycles. The van der Waals surface area contributed by atoms with Gasteiger partial charge >= 0.3 is 0 Å². The number of H-pyrrole nitrogens is 1. The molecule has 0 bridgehead atoms. The Hall–Kier alpha value is -3.93. The maximum Gasteiger partial charge on any atom is 0.255 e. The molecular weight excluding hydrogens is 410 g/mol. The maximum absolute atomic E-state index is 12.9. The van der Waals surface area contributed by atoms with E-state index in [2.05, 4.69) is 49.7 Å². The number of rotatable bonds is 5. The number of carbonyl (C=O) groups is 1. The average Bonchev–Trinajstić information content (AvgIpc) is 3.60. The number of nitrogens with one attached hydrogen (secondary N) is 2. The van der Waals surface area contributed by atoms with Crippen molar-refractivity contribution >= 4 is 17.3 Å². The van der Waals surface area contributed by atoms with Gasteiger partial charge in [0.15, 0.2) is 5.82 Å². The summed E-state index contributed by atoms with van der Waals surface area (Å²) in [7, 11) is 0. The smallest absolute Gasteiger partial charge is 0.255 e. The molecule has 1 saturated carbocycles. The normalized spacial score (nSPS) is 15.2. The molecule has 1 aromatic heterocycles. The van der Waals surface area contributed by atoms with Crippen LogP contribution in [0.3, 0.4) is 0 Å². The molecule has 1 aliphatic carbocycles. The van der Waals surface area contributed by atoms with Crippen LogP contribution in [0, 0.1) is 0 Å². The van der Waals surface area contributed by atoms with E-state index in [-0.39, 0.29) is 5.91 Å². The van der Waals surface area contributed by atoms with Crippen molar-refractivity contribution in [1.82, 2.24) is 15.2 Å². The van der Waals surface area contributed by atoms with Crippen molar-refractivity contribution in [1.29, 1.82) is 0 Å². The van der Waals surface area contributed by atoms with Crippen molar-refractivity contribution in [3.63, 3.8) is 0 Å². The standard InChI is InChI=1S/C27H25N5O/c33-27(28-23-7-3-6-21(16-23)26-29-25(30-31-26)19-8-9-19)20-10-12-24(13-11-20)32-15-14-18-4-1-2-5-22(18)17-32/h1-7,10-13,16,19H,8-9,14-15,17H2,(H,28,33)(H,29,30,31). The van der Waals surface area contributed by atoms with Crippen molar-refractivity contribution in [3.8, 4) is 11.4 Å². The van der Waals surface area contributed by atoms with E-state index in [0.29, 0.717) is 17.3 Å². The Kier molecular flexibility index (Phi) is 4.91. The first-order valence-electron chi connectivity index (χ1n) is 11.5. The topological polar surface area (TPSA) is 73.9 Å². The zero-order valence-corrected chi connectivity index (χ0v) is 18.3. The lowest BCUT2D eigenvalue weighted by Gasteiger charge is -2.30. The second-order valence-corrected chi connectivity index (χ2v) is 8.84. The van der Waals surface area contributed by atoms with Gasteiger partial charge in [-0.15, -0.1) is 0 Å². The van der Waals surface area contributed by atoms with Crippen molar-refractivity contribution in [3.05, 3.63) is 95.3 Å². The first kappa shape index (κ1) is 19.7. The van der Waals surface area contributed by atoms with Gasteiger partial charge in [-0.1, -0.05) is 36.4 Å². The Bertz CT molecular complexity index is 1310. The van der Waals surface area contributed by atoms with Crippen LogP contribution in [0.25, 0.3) is 11.4 Å². The molecule has 164 valence electrons. The molecule has 33 heavy (non-hydrogen) atoms. The Morgan fingerprint density at radius 1 is 0.970 bits per heavy atom. The summed E-state index contributed by atoms with van der Waals surface area (Å²) in [6.07, 6.45) is 3.39. The summed E-state index contributed by atoms with van der Waals surface area (Å²) in [5, 5.41) is 10.4. The van der Waals surface area contributed by atoms with Crippen LogP contribution in [0.4, 0.5) is 11.4 Å². The molecular formula is C27H25N5O. The molecule has 2 N–H and O–H groups in total. The van der Waals surface area contributed by atoms with Crippen LogP contribution in [0.15, 0.2) is 72.8 Å². The number of hydrogen-bond acceptors (Lipinski definition) is 4. The molecule has 0 unspecified atom stereocenters. The largest absolute Gasteiger partial charge is 0.367 e. The Morgan fingerprint density at radius 2 is 1.79 bits per heavy atom. The molecule has 4 aromatic rings. The number of carbonyl (C=O) groups excluding carboxylic acids is 1. The lowest BCUT2D eigenvalue weighted by atomic mass is 9.99. The molecule has 0 spiro atoms. The molecule has 2 aliphatic rings. The molecule has 1 fully saturated rings. The van der Waals surface area contributed by atoms with E-state index in [4.69, 9.17) is 0 Å². The van der Waals surface area contributed by atoms with Gasteiger partial charge in [0, 0.05) is 41.5 Å². The van der Waals surface area contributed by atoms with Crippen molar-refractivity contribution in [2.24, 2.45) is 0 Å². The summed E-state index contributed by atoms with van der Waals surface area (Å²) in [6.45, 7) is 1.89. The van der Waals surface area contributed by atoms with E-state index in [1.54, 1.807) is 0 Å². The highest BCUT2D eigenvalue weighted by Crippen LogP contribution is 2.38. The predicted molar refractivity (Wildman–Crippen MR) is 129 cm³/mol. The molecule has 6 heteroatoms. The summed E-state index contributed by atoms with van der Waals surface area (Å²) >= 11 is 0. The Balaban J connectivity index is 1.14. The van der Waals surface area contributed by atoms with Gasteiger partial charge in [-0.25, -0.2) is 4.98 Å². The second kappa shape index (κ2) is 8.20. The fourth-order valence-corrected chi connectivity index (χ4v) is 4.42. The van der Waals surface area contributed by atoms with E-state index < -0.39 is 0 Å². The van der Waals surface area contributed by atoms with Gasteiger partial charge in [-0.3, -0.25) is 9.89 Å². The van der Waals surface area contributed by atoms with Gasteiger partial charge in [0.25, 0.3) is 5.91 Å². The lowest BCUT2D eigenvalue weighted by Crippen LogP contribution is -2.30. The first-order chi connectivity index (χ1) is 16.2. The zero-order valence-electron chi connectivity index (χ0n) is 18.3. The monoisotopic (exact) mass is 435 g/mol. The minimum absolute atomic E-state index is 0.128. The summed E-state index contributed by atoms with van der Waals surface area (Å²) < 4.78 is 0. The number of fused-ring (bicyclic) bond motifs is 1. The summed E-state index contributed by atoms with van der Waals surface area (Å²) in [5.41, 5.74) is 6.19. The first-order valence-corrected chi connectivity index (χ1v) is 11.5. The third kappa shape index (κ3) is 4.12. The van der Waals surface area contributed by atoms with E-state index in [1.807, 2.05) is 48.5 Å². The van der Waals surface area contributed by atoms with E-state index in [0.717, 1.165) is 42.3 Å². The number of aromatic amines is 1. The highest BCUT2D eigenvalue weighted by molar-refractivity contribution is 6.04.